The third kappa shape index (κ3) is 11.9. The van der Waals surface area contributed by atoms with Gasteiger partial charge in [0.15, 0.2) is 5.16 Å². The molecular formula is C25H42N2O6S3. The third-order valence-electron chi connectivity index (χ3n) is 6.28. The Bertz CT molecular complexity index is 1130. The molecule has 0 spiro atoms. The van der Waals surface area contributed by atoms with Crippen molar-refractivity contribution in [1.82, 2.24) is 9.55 Å². The molecule has 0 saturated carbocycles. The van der Waals surface area contributed by atoms with Crippen LogP contribution in [0.3, 0.4) is 0 Å². The lowest BCUT2D eigenvalue weighted by Gasteiger charge is -2.08. The van der Waals surface area contributed by atoms with Crippen molar-refractivity contribution in [2.75, 3.05) is 11.5 Å². The molecule has 8 nitrogen and oxygen atoms in total. The summed E-state index contributed by atoms with van der Waals surface area (Å²) < 4.78 is 65.6. The van der Waals surface area contributed by atoms with E-state index in [0.717, 1.165) is 18.6 Å². The fraction of sp³-hybridized carbons (Fsp3) is 0.720. The van der Waals surface area contributed by atoms with Gasteiger partial charge in [-0.25, -0.2) is 4.98 Å². The van der Waals surface area contributed by atoms with Gasteiger partial charge < -0.3 is 4.57 Å². The van der Waals surface area contributed by atoms with E-state index in [1.807, 2.05) is 0 Å². The first-order valence-corrected chi connectivity index (χ1v) is 17.2. The first-order chi connectivity index (χ1) is 17.1. The van der Waals surface area contributed by atoms with Gasteiger partial charge in [0, 0.05) is 12.3 Å². The first-order valence-electron chi connectivity index (χ1n) is 13.2. The monoisotopic (exact) mass is 562 g/mol. The van der Waals surface area contributed by atoms with Gasteiger partial charge in [-0.2, -0.15) is 16.8 Å². The maximum atomic E-state index is 11.5. The highest BCUT2D eigenvalue weighted by atomic mass is 32.2. The number of aromatic nitrogens is 2. The number of hydrogen-bond donors (Lipinski definition) is 2. The second-order valence-corrected chi connectivity index (χ2v) is 13.5. The van der Waals surface area contributed by atoms with E-state index < -0.39 is 26.0 Å². The molecule has 0 aliphatic rings. The Balaban J connectivity index is 1.73. The number of imidazole rings is 1. The molecule has 0 radical (unpaired) electrons. The van der Waals surface area contributed by atoms with Crippen LogP contribution < -0.4 is 0 Å². The molecule has 0 fully saturated rings. The summed E-state index contributed by atoms with van der Waals surface area (Å²) in [7, 11) is -8.53. The van der Waals surface area contributed by atoms with E-state index in [1.54, 1.807) is 4.57 Å². The number of benzene rings is 1. The fourth-order valence-electron chi connectivity index (χ4n) is 4.24. The quantitative estimate of drug-likeness (QED) is 0.103. The molecule has 0 saturated heterocycles. The lowest BCUT2D eigenvalue weighted by Crippen LogP contribution is -2.12. The molecule has 0 aliphatic carbocycles. The van der Waals surface area contributed by atoms with E-state index in [0.29, 0.717) is 16.2 Å². The van der Waals surface area contributed by atoms with Crippen LogP contribution >= 0.6 is 11.8 Å². The van der Waals surface area contributed by atoms with Crippen LogP contribution in [0.4, 0.5) is 0 Å². The predicted molar refractivity (Wildman–Crippen MR) is 147 cm³/mol. The number of nitrogens with zero attached hydrogens (tertiary/aromatic N) is 2. The van der Waals surface area contributed by atoms with Crippen LogP contribution in [0.1, 0.15) is 96.8 Å². The molecule has 2 N–H and O–H groups in total. The minimum atomic E-state index is -4.37. The number of aryl methyl sites for hydroxylation is 1. The summed E-state index contributed by atoms with van der Waals surface area (Å²) in [5, 5.41) is 0.566. The zero-order chi connectivity index (χ0) is 26.4. The van der Waals surface area contributed by atoms with Gasteiger partial charge in [0.1, 0.15) is 0 Å². The van der Waals surface area contributed by atoms with Crippen molar-refractivity contribution < 1.29 is 25.9 Å². The van der Waals surface area contributed by atoms with Gasteiger partial charge in [-0.15, -0.1) is 0 Å². The maximum Gasteiger partial charge on any atom is 0.294 e. The molecule has 36 heavy (non-hydrogen) atoms. The van der Waals surface area contributed by atoms with E-state index >= 15 is 0 Å². The fourth-order valence-corrected chi connectivity index (χ4v) is 6.19. The Morgan fingerprint density at radius 3 is 1.83 bits per heavy atom. The lowest BCUT2D eigenvalue weighted by molar-refractivity contribution is 0.477. The second kappa shape index (κ2) is 16.0. The van der Waals surface area contributed by atoms with E-state index in [1.165, 1.54) is 107 Å². The summed E-state index contributed by atoms with van der Waals surface area (Å²) in [6, 6.07) is 4.02. The Hall–Kier alpha value is -1.14. The molecule has 11 heteroatoms. The molecular weight excluding hydrogens is 520 g/mol. The minimum Gasteiger partial charge on any atom is -0.318 e. The topological polar surface area (TPSA) is 127 Å². The molecule has 0 bridgehead atoms. The van der Waals surface area contributed by atoms with E-state index in [-0.39, 0.29) is 11.4 Å². The van der Waals surface area contributed by atoms with E-state index in [4.69, 9.17) is 4.55 Å². The van der Waals surface area contributed by atoms with Gasteiger partial charge >= 0.3 is 0 Å². The zero-order valence-corrected chi connectivity index (χ0v) is 23.8. The summed E-state index contributed by atoms with van der Waals surface area (Å²) in [4.78, 5) is 4.20. The van der Waals surface area contributed by atoms with Gasteiger partial charge in [0.05, 0.1) is 21.7 Å². The van der Waals surface area contributed by atoms with Crippen molar-refractivity contribution in [2.24, 2.45) is 0 Å². The van der Waals surface area contributed by atoms with Crippen LogP contribution in [0.25, 0.3) is 11.0 Å². The molecule has 1 aromatic heterocycles. The van der Waals surface area contributed by atoms with E-state index in [9.17, 15) is 21.4 Å². The van der Waals surface area contributed by atoms with E-state index in [2.05, 4.69) is 11.9 Å². The Kier molecular flexibility index (Phi) is 13.8. The summed E-state index contributed by atoms with van der Waals surface area (Å²) in [6.07, 6.45) is 18.0. The third-order valence-corrected chi connectivity index (χ3v) is 8.90. The van der Waals surface area contributed by atoms with Crippen LogP contribution in [-0.4, -0.2) is 47.0 Å². The number of rotatable bonds is 20. The highest BCUT2D eigenvalue weighted by Crippen LogP contribution is 2.27. The largest absolute Gasteiger partial charge is 0.318 e. The summed E-state index contributed by atoms with van der Waals surface area (Å²) in [5.74, 6) is 0.337. The summed E-state index contributed by atoms with van der Waals surface area (Å²) in [6.45, 7) is 2.25. The molecule has 206 valence electrons. The van der Waals surface area contributed by atoms with Crippen LogP contribution in [0.5, 0.6) is 0 Å². The molecule has 0 atom stereocenters. The summed E-state index contributed by atoms with van der Waals surface area (Å²) >= 11 is 1.48. The van der Waals surface area contributed by atoms with Gasteiger partial charge in [0.2, 0.25) is 0 Å². The smallest absolute Gasteiger partial charge is 0.294 e. The Labute approximate surface area is 221 Å². The number of thioether (sulfide) groups is 1. The van der Waals surface area contributed by atoms with Gasteiger partial charge in [-0.05, 0) is 24.6 Å². The Morgan fingerprint density at radius 2 is 1.33 bits per heavy atom. The van der Waals surface area contributed by atoms with Crippen molar-refractivity contribution >= 4 is 43.0 Å². The summed E-state index contributed by atoms with van der Waals surface area (Å²) in [5.41, 5.74) is 0.901. The normalized spacial score (nSPS) is 12.5. The van der Waals surface area contributed by atoms with Crippen LogP contribution in [-0.2, 0) is 26.8 Å². The van der Waals surface area contributed by atoms with Crippen LogP contribution in [0.2, 0.25) is 0 Å². The number of fused-ring (bicyclic) bond motifs is 1. The molecule has 1 aromatic carbocycles. The molecule has 0 amide bonds. The van der Waals surface area contributed by atoms with Crippen molar-refractivity contribution in [1.29, 1.82) is 0 Å². The molecule has 1 heterocycles. The van der Waals surface area contributed by atoms with Crippen LogP contribution in [0.15, 0.2) is 28.3 Å². The number of unbranched alkanes of at least 4 members (excludes halogenated alkanes) is 13. The van der Waals surface area contributed by atoms with Crippen molar-refractivity contribution in [2.45, 2.75) is 113 Å². The predicted octanol–water partition coefficient (Wildman–Crippen LogP) is 6.74. The van der Waals surface area contributed by atoms with Crippen molar-refractivity contribution in [3.05, 3.63) is 18.2 Å². The minimum absolute atomic E-state index is 0.00162. The highest BCUT2D eigenvalue weighted by Gasteiger charge is 2.17. The molecule has 2 aromatic rings. The Morgan fingerprint density at radius 1 is 0.806 bits per heavy atom. The lowest BCUT2D eigenvalue weighted by atomic mass is 10.0. The highest BCUT2D eigenvalue weighted by molar-refractivity contribution is 7.99. The zero-order valence-electron chi connectivity index (χ0n) is 21.4. The van der Waals surface area contributed by atoms with Crippen molar-refractivity contribution in [3.8, 4) is 0 Å². The SMILES string of the molecule is CCCCCCCCCCCCCCCCSc1nc2cc(S(=O)(=O)O)ccc2n1CCS(=O)(=O)O. The van der Waals surface area contributed by atoms with Gasteiger partial charge in [-0.1, -0.05) is 102 Å². The van der Waals surface area contributed by atoms with Crippen LogP contribution in [0, 0.1) is 0 Å². The molecule has 0 aliphatic heterocycles. The van der Waals surface area contributed by atoms with Crippen molar-refractivity contribution in [3.63, 3.8) is 0 Å². The first kappa shape index (κ1) is 31.1. The average Bonchev–Trinajstić information content (AvgIpc) is 3.15. The molecule has 2 rings (SSSR count). The van der Waals surface area contributed by atoms with Gasteiger partial charge in [0.25, 0.3) is 20.2 Å². The standard InChI is InChI=1S/C25H42N2O6S3/c1-2-3-4-5-6-7-8-9-10-11-12-13-14-15-19-34-25-26-23-21-22(36(31,32)33)16-17-24(23)27(25)18-20-35(28,29)30/h16-17,21H,2-15,18-20H2,1H3,(H,28,29,30)(H,31,32,33). The maximum absolute atomic E-state index is 11.5. The van der Waals surface area contributed by atoms with Gasteiger partial charge in [-0.3, -0.25) is 9.11 Å². The number of hydrogen-bond acceptors (Lipinski definition) is 6. The average molecular weight is 563 g/mol. The second-order valence-electron chi connectivity index (χ2n) is 9.40. The molecule has 0 unspecified atom stereocenters.